The Kier molecular flexibility index (Phi) is 5.68. The molecule has 0 spiro atoms. The highest BCUT2D eigenvalue weighted by Crippen LogP contribution is 2.25. The Morgan fingerprint density at radius 2 is 1.96 bits per heavy atom. The fourth-order valence-corrected chi connectivity index (χ4v) is 4.01. The first kappa shape index (κ1) is 16.5. The van der Waals surface area contributed by atoms with Gasteiger partial charge in [0, 0.05) is 24.8 Å². The highest BCUT2D eigenvalue weighted by molar-refractivity contribution is 5.95. The summed E-state index contributed by atoms with van der Waals surface area (Å²) < 4.78 is 0. The van der Waals surface area contributed by atoms with E-state index in [0.29, 0.717) is 11.9 Å². The lowest BCUT2D eigenvalue weighted by molar-refractivity contribution is -0.124. The molecule has 1 amide bonds. The minimum atomic E-state index is 0.152. The monoisotopic (exact) mass is 315 g/mol. The molecule has 2 aliphatic heterocycles. The predicted molar refractivity (Wildman–Crippen MR) is 94.7 cm³/mol. The van der Waals surface area contributed by atoms with Crippen molar-refractivity contribution < 1.29 is 4.79 Å². The summed E-state index contributed by atoms with van der Waals surface area (Å²) in [6.07, 6.45) is 4.62. The van der Waals surface area contributed by atoms with E-state index in [4.69, 9.17) is 0 Å². The maximum atomic E-state index is 13.0. The van der Waals surface area contributed by atoms with E-state index in [1.807, 2.05) is 35.2 Å². The number of piperidine rings is 2. The van der Waals surface area contributed by atoms with E-state index in [0.717, 1.165) is 51.3 Å². The SMILES string of the molecule is CCN(C(=O)C1CCCN(C2CCNCC2)C1)c1ccccc1. The van der Waals surface area contributed by atoms with Gasteiger partial charge in [0.15, 0.2) is 0 Å². The lowest BCUT2D eigenvalue weighted by atomic mass is 9.93. The molecule has 3 rings (SSSR count). The lowest BCUT2D eigenvalue weighted by Gasteiger charge is -2.40. The van der Waals surface area contributed by atoms with Crippen LogP contribution in [0.3, 0.4) is 0 Å². The Morgan fingerprint density at radius 3 is 2.65 bits per heavy atom. The highest BCUT2D eigenvalue weighted by Gasteiger charge is 2.32. The molecule has 1 aromatic carbocycles. The minimum absolute atomic E-state index is 0.152. The zero-order chi connectivity index (χ0) is 16.1. The third kappa shape index (κ3) is 3.93. The number of nitrogens with one attached hydrogen (secondary N) is 1. The molecule has 0 aromatic heterocycles. The first-order valence-electron chi connectivity index (χ1n) is 9.10. The van der Waals surface area contributed by atoms with Crippen LogP contribution in [0.5, 0.6) is 0 Å². The lowest BCUT2D eigenvalue weighted by Crippen LogP contribution is -2.50. The number of para-hydroxylation sites is 1. The number of rotatable bonds is 4. The van der Waals surface area contributed by atoms with Gasteiger partial charge < -0.3 is 10.2 Å². The van der Waals surface area contributed by atoms with Crippen LogP contribution in [0.25, 0.3) is 0 Å². The summed E-state index contributed by atoms with van der Waals surface area (Å²) in [6, 6.07) is 10.8. The van der Waals surface area contributed by atoms with E-state index in [2.05, 4.69) is 17.1 Å². The molecule has 1 atom stereocenters. The minimum Gasteiger partial charge on any atom is -0.317 e. The number of benzene rings is 1. The number of anilines is 1. The fraction of sp³-hybridized carbons (Fsp3) is 0.632. The summed E-state index contributed by atoms with van der Waals surface area (Å²) in [5.74, 6) is 0.455. The van der Waals surface area contributed by atoms with Crippen molar-refractivity contribution in [3.05, 3.63) is 30.3 Å². The Hall–Kier alpha value is -1.39. The predicted octanol–water partition coefficient (Wildman–Crippen LogP) is 2.50. The molecule has 0 saturated carbocycles. The van der Waals surface area contributed by atoms with Crippen molar-refractivity contribution in [3.63, 3.8) is 0 Å². The van der Waals surface area contributed by atoms with E-state index in [1.165, 1.54) is 12.8 Å². The van der Waals surface area contributed by atoms with E-state index in [9.17, 15) is 4.79 Å². The maximum absolute atomic E-state index is 13.0. The Bertz CT molecular complexity index is 499. The number of hydrogen-bond donors (Lipinski definition) is 1. The molecule has 4 heteroatoms. The van der Waals surface area contributed by atoms with Crippen molar-refractivity contribution in [2.75, 3.05) is 37.6 Å². The molecule has 0 aliphatic carbocycles. The van der Waals surface area contributed by atoms with E-state index in [1.54, 1.807) is 0 Å². The van der Waals surface area contributed by atoms with E-state index >= 15 is 0 Å². The molecule has 2 aliphatic rings. The van der Waals surface area contributed by atoms with Crippen molar-refractivity contribution in [2.24, 2.45) is 5.92 Å². The number of carbonyl (C=O) groups is 1. The summed E-state index contributed by atoms with van der Waals surface area (Å²) in [4.78, 5) is 17.6. The molecule has 2 saturated heterocycles. The Balaban J connectivity index is 1.66. The molecule has 2 heterocycles. The number of hydrogen-bond acceptors (Lipinski definition) is 3. The van der Waals surface area contributed by atoms with E-state index in [-0.39, 0.29) is 5.92 Å². The first-order valence-corrected chi connectivity index (χ1v) is 9.10. The summed E-state index contributed by atoms with van der Waals surface area (Å²) in [5, 5.41) is 3.43. The van der Waals surface area contributed by atoms with Gasteiger partial charge in [-0.05, 0) is 64.4 Å². The van der Waals surface area contributed by atoms with Gasteiger partial charge in [0.25, 0.3) is 0 Å². The average Bonchev–Trinajstić information content (AvgIpc) is 2.64. The summed E-state index contributed by atoms with van der Waals surface area (Å²) in [5.41, 5.74) is 1.03. The van der Waals surface area contributed by atoms with Crippen LogP contribution in [0.4, 0.5) is 5.69 Å². The van der Waals surface area contributed by atoms with Gasteiger partial charge in [0.05, 0.1) is 5.92 Å². The van der Waals surface area contributed by atoms with Crippen LogP contribution >= 0.6 is 0 Å². The van der Waals surface area contributed by atoms with Gasteiger partial charge in [-0.3, -0.25) is 9.69 Å². The zero-order valence-corrected chi connectivity index (χ0v) is 14.2. The number of likely N-dealkylation sites (tertiary alicyclic amines) is 1. The van der Waals surface area contributed by atoms with Gasteiger partial charge in [-0.1, -0.05) is 18.2 Å². The van der Waals surface area contributed by atoms with Crippen LogP contribution in [0.2, 0.25) is 0 Å². The molecule has 1 unspecified atom stereocenters. The zero-order valence-electron chi connectivity index (χ0n) is 14.2. The van der Waals surface area contributed by atoms with Crippen LogP contribution in [-0.2, 0) is 4.79 Å². The molecular weight excluding hydrogens is 286 g/mol. The van der Waals surface area contributed by atoms with Crippen LogP contribution in [0.1, 0.15) is 32.6 Å². The largest absolute Gasteiger partial charge is 0.317 e. The van der Waals surface area contributed by atoms with Crippen LogP contribution in [-0.4, -0.2) is 49.6 Å². The molecule has 126 valence electrons. The summed E-state index contributed by atoms with van der Waals surface area (Å²) >= 11 is 0. The van der Waals surface area contributed by atoms with Crippen molar-refractivity contribution in [1.82, 2.24) is 10.2 Å². The quantitative estimate of drug-likeness (QED) is 0.927. The molecule has 1 N–H and O–H groups in total. The van der Waals surface area contributed by atoms with Crippen molar-refractivity contribution in [2.45, 2.75) is 38.6 Å². The smallest absolute Gasteiger partial charge is 0.231 e. The summed E-state index contributed by atoms with van der Waals surface area (Å²) in [7, 11) is 0. The molecule has 2 fully saturated rings. The molecule has 4 nitrogen and oxygen atoms in total. The first-order chi connectivity index (χ1) is 11.3. The third-order valence-corrected chi connectivity index (χ3v) is 5.28. The summed E-state index contributed by atoms with van der Waals surface area (Å²) in [6.45, 7) is 7.14. The molecule has 0 radical (unpaired) electrons. The third-order valence-electron chi connectivity index (χ3n) is 5.28. The van der Waals surface area contributed by atoms with Crippen LogP contribution in [0, 0.1) is 5.92 Å². The Morgan fingerprint density at radius 1 is 1.22 bits per heavy atom. The van der Waals surface area contributed by atoms with Crippen molar-refractivity contribution >= 4 is 11.6 Å². The van der Waals surface area contributed by atoms with Gasteiger partial charge in [-0.15, -0.1) is 0 Å². The van der Waals surface area contributed by atoms with Gasteiger partial charge >= 0.3 is 0 Å². The van der Waals surface area contributed by atoms with Crippen molar-refractivity contribution in [3.8, 4) is 0 Å². The van der Waals surface area contributed by atoms with Gasteiger partial charge in [-0.25, -0.2) is 0 Å². The van der Waals surface area contributed by atoms with Gasteiger partial charge in [0.2, 0.25) is 5.91 Å². The number of nitrogens with zero attached hydrogens (tertiary/aromatic N) is 2. The molecule has 23 heavy (non-hydrogen) atoms. The van der Waals surface area contributed by atoms with Gasteiger partial charge in [0.1, 0.15) is 0 Å². The van der Waals surface area contributed by atoms with Crippen molar-refractivity contribution in [1.29, 1.82) is 0 Å². The Labute approximate surface area is 139 Å². The number of amides is 1. The number of carbonyl (C=O) groups excluding carboxylic acids is 1. The normalized spacial score (nSPS) is 23.6. The standard InChI is InChI=1S/C19H29N3O/c1-2-22(18-8-4-3-5-9-18)19(23)16-7-6-14-21(15-16)17-10-12-20-13-11-17/h3-5,8-9,16-17,20H,2,6-7,10-15H2,1H3. The molecule has 0 bridgehead atoms. The average molecular weight is 315 g/mol. The van der Waals surface area contributed by atoms with Gasteiger partial charge in [-0.2, -0.15) is 0 Å². The van der Waals surface area contributed by atoms with E-state index < -0.39 is 0 Å². The maximum Gasteiger partial charge on any atom is 0.231 e. The molecule has 1 aromatic rings. The van der Waals surface area contributed by atoms with Crippen LogP contribution in [0.15, 0.2) is 30.3 Å². The second kappa shape index (κ2) is 7.93. The fourth-order valence-electron chi connectivity index (χ4n) is 4.01. The second-order valence-corrected chi connectivity index (χ2v) is 6.73. The highest BCUT2D eigenvalue weighted by atomic mass is 16.2. The van der Waals surface area contributed by atoms with Crippen LogP contribution < -0.4 is 10.2 Å². The topological polar surface area (TPSA) is 35.6 Å². The molecular formula is C19H29N3O. The second-order valence-electron chi connectivity index (χ2n) is 6.73.